The fourth-order valence-corrected chi connectivity index (χ4v) is 5.51. The van der Waals surface area contributed by atoms with Gasteiger partial charge in [0.1, 0.15) is 0 Å². The Balaban J connectivity index is 1.15. The molecule has 6 heteroatoms. The molecule has 5 nitrogen and oxygen atoms in total. The first-order valence-corrected chi connectivity index (χ1v) is 11.1. The van der Waals surface area contributed by atoms with Crippen molar-refractivity contribution in [2.45, 2.75) is 26.1 Å². The van der Waals surface area contributed by atoms with Crippen LogP contribution in [0.4, 0.5) is 0 Å². The Kier molecular flexibility index (Phi) is 5.09. The quantitative estimate of drug-likeness (QED) is 0.795. The maximum Gasteiger partial charge on any atom is 0.152 e. The summed E-state index contributed by atoms with van der Waals surface area (Å²) >= 11 is 1.88. The molecule has 0 spiro atoms. The summed E-state index contributed by atoms with van der Waals surface area (Å²) in [5.41, 5.74) is 2.80. The van der Waals surface area contributed by atoms with Crippen molar-refractivity contribution in [2.24, 2.45) is 11.1 Å². The highest BCUT2D eigenvalue weighted by atomic mass is 32.1. The monoisotopic (exact) mass is 396 g/mol. The molecule has 2 aromatic rings. The van der Waals surface area contributed by atoms with Crippen molar-refractivity contribution in [3.8, 4) is 0 Å². The van der Waals surface area contributed by atoms with Crippen molar-refractivity contribution < 1.29 is 4.84 Å². The van der Waals surface area contributed by atoms with Crippen molar-refractivity contribution in [3.63, 3.8) is 0 Å². The smallest absolute Gasteiger partial charge is 0.152 e. The lowest BCUT2D eigenvalue weighted by Crippen LogP contribution is -2.50. The number of hydrogen-bond acceptors (Lipinski definition) is 6. The molecule has 0 aliphatic carbocycles. The van der Waals surface area contributed by atoms with Crippen LogP contribution in [0.15, 0.2) is 46.9 Å². The summed E-state index contributed by atoms with van der Waals surface area (Å²) in [5, 5.41) is 6.70. The molecule has 0 amide bonds. The highest BCUT2D eigenvalue weighted by Gasteiger charge is 2.44. The molecule has 0 radical (unpaired) electrons. The lowest BCUT2D eigenvalue weighted by molar-refractivity contribution is 0.0743. The van der Waals surface area contributed by atoms with Crippen LogP contribution in [0.1, 0.15) is 16.0 Å². The van der Waals surface area contributed by atoms with E-state index >= 15 is 0 Å². The molecule has 2 atom stereocenters. The second-order valence-corrected chi connectivity index (χ2v) is 9.17. The zero-order chi connectivity index (χ0) is 18.9. The van der Waals surface area contributed by atoms with Crippen LogP contribution in [-0.2, 0) is 17.9 Å². The first-order valence-electron chi connectivity index (χ1n) is 10.3. The summed E-state index contributed by atoms with van der Waals surface area (Å²) in [6, 6.07) is 13.0. The van der Waals surface area contributed by atoms with E-state index in [0.717, 1.165) is 52.4 Å². The molecule has 0 unspecified atom stereocenters. The van der Waals surface area contributed by atoms with Crippen LogP contribution in [0.3, 0.4) is 0 Å². The van der Waals surface area contributed by atoms with Gasteiger partial charge in [-0.05, 0) is 29.5 Å². The minimum atomic E-state index is 0.227. The maximum atomic E-state index is 5.83. The molecule has 3 aliphatic rings. The molecule has 1 aromatic heterocycles. The first-order chi connectivity index (χ1) is 13.8. The van der Waals surface area contributed by atoms with E-state index < -0.39 is 0 Å². The number of aryl methyl sites for hydroxylation is 1. The number of likely N-dealkylation sites (tertiary alicyclic amines) is 1. The number of piperazine rings is 1. The number of hydrogen-bond donors (Lipinski definition) is 0. The number of amidine groups is 1. The van der Waals surface area contributed by atoms with Gasteiger partial charge in [-0.15, -0.1) is 11.3 Å². The van der Waals surface area contributed by atoms with E-state index in [4.69, 9.17) is 4.84 Å². The van der Waals surface area contributed by atoms with Gasteiger partial charge < -0.3 is 9.74 Å². The number of nitrogens with zero attached hydrogens (tertiary/aromatic N) is 4. The summed E-state index contributed by atoms with van der Waals surface area (Å²) in [6.07, 6.45) is 0.227. The lowest BCUT2D eigenvalue weighted by Gasteiger charge is -2.36. The van der Waals surface area contributed by atoms with Gasteiger partial charge in [-0.3, -0.25) is 9.80 Å². The van der Waals surface area contributed by atoms with Gasteiger partial charge in [0.2, 0.25) is 0 Å². The van der Waals surface area contributed by atoms with Gasteiger partial charge in [-0.1, -0.05) is 35.5 Å². The van der Waals surface area contributed by atoms with Crippen molar-refractivity contribution >= 4 is 17.2 Å². The highest BCUT2D eigenvalue weighted by molar-refractivity contribution is 7.10. The summed E-state index contributed by atoms with van der Waals surface area (Å²) in [6.45, 7) is 10.6. The topological polar surface area (TPSA) is 31.3 Å². The minimum Gasteiger partial charge on any atom is -0.389 e. The van der Waals surface area contributed by atoms with Crippen LogP contribution >= 0.6 is 11.3 Å². The minimum absolute atomic E-state index is 0.227. The molecular formula is C22H28N4OS. The Morgan fingerprint density at radius 2 is 1.82 bits per heavy atom. The molecule has 5 rings (SSSR count). The van der Waals surface area contributed by atoms with Gasteiger partial charge in [0.15, 0.2) is 11.9 Å². The van der Waals surface area contributed by atoms with E-state index in [1.54, 1.807) is 0 Å². The second kappa shape index (κ2) is 7.85. The molecule has 2 saturated heterocycles. The van der Waals surface area contributed by atoms with Gasteiger partial charge >= 0.3 is 0 Å². The average Bonchev–Trinajstić information content (AvgIpc) is 3.40. The number of fused-ring (bicyclic) bond motifs is 1. The lowest BCUT2D eigenvalue weighted by atomic mass is 10.0. The summed E-state index contributed by atoms with van der Waals surface area (Å²) < 4.78 is 0. The predicted molar refractivity (Wildman–Crippen MR) is 113 cm³/mol. The van der Waals surface area contributed by atoms with Crippen molar-refractivity contribution in [1.82, 2.24) is 14.7 Å². The molecule has 0 N–H and O–H groups in total. The third-order valence-corrected chi connectivity index (χ3v) is 7.24. The third-order valence-electron chi connectivity index (χ3n) is 6.24. The van der Waals surface area contributed by atoms with Crippen LogP contribution in [0.2, 0.25) is 0 Å². The van der Waals surface area contributed by atoms with Gasteiger partial charge in [-0.25, -0.2) is 0 Å². The van der Waals surface area contributed by atoms with Crippen LogP contribution in [-0.4, -0.2) is 65.9 Å². The Morgan fingerprint density at radius 1 is 1.00 bits per heavy atom. The fraction of sp³-hybridized carbons (Fsp3) is 0.500. The van der Waals surface area contributed by atoms with Gasteiger partial charge in [0.05, 0.1) is 5.92 Å². The van der Waals surface area contributed by atoms with E-state index in [0.29, 0.717) is 5.92 Å². The molecule has 3 aliphatic heterocycles. The molecule has 2 fully saturated rings. The normalized spacial score (nSPS) is 25.6. The van der Waals surface area contributed by atoms with E-state index in [2.05, 4.69) is 68.6 Å². The predicted octanol–water partition coefficient (Wildman–Crippen LogP) is 3.02. The molecule has 148 valence electrons. The maximum absolute atomic E-state index is 5.83. The van der Waals surface area contributed by atoms with Gasteiger partial charge in [0, 0.05) is 57.2 Å². The van der Waals surface area contributed by atoms with Crippen molar-refractivity contribution in [1.29, 1.82) is 0 Å². The molecule has 0 saturated carbocycles. The Hall–Kier alpha value is -1.89. The SMILES string of the molecule is Cc1ccsc1CN1CCN(C2=NO[C@@H]3CN(Cc4ccccc4)C[C@H]23)CC1. The highest BCUT2D eigenvalue weighted by Crippen LogP contribution is 2.30. The van der Waals surface area contributed by atoms with Crippen LogP contribution in [0, 0.1) is 12.8 Å². The summed E-state index contributed by atoms with van der Waals surface area (Å²) in [4.78, 5) is 14.9. The van der Waals surface area contributed by atoms with Gasteiger partial charge in [-0.2, -0.15) is 0 Å². The Morgan fingerprint density at radius 3 is 2.57 bits per heavy atom. The van der Waals surface area contributed by atoms with E-state index in [-0.39, 0.29) is 6.10 Å². The second-order valence-electron chi connectivity index (χ2n) is 8.17. The van der Waals surface area contributed by atoms with Gasteiger partial charge in [0.25, 0.3) is 0 Å². The molecule has 28 heavy (non-hydrogen) atoms. The summed E-state index contributed by atoms with van der Waals surface area (Å²) in [7, 11) is 0. The zero-order valence-corrected chi connectivity index (χ0v) is 17.3. The third kappa shape index (κ3) is 3.69. The van der Waals surface area contributed by atoms with Crippen molar-refractivity contribution in [3.05, 3.63) is 57.8 Å². The number of benzene rings is 1. The van der Waals surface area contributed by atoms with E-state index in [1.165, 1.54) is 21.8 Å². The molecule has 4 heterocycles. The largest absolute Gasteiger partial charge is 0.389 e. The molecule has 1 aromatic carbocycles. The number of oxime groups is 1. The van der Waals surface area contributed by atoms with Crippen LogP contribution in [0.5, 0.6) is 0 Å². The zero-order valence-electron chi connectivity index (χ0n) is 16.5. The van der Waals surface area contributed by atoms with E-state index in [9.17, 15) is 0 Å². The fourth-order valence-electron chi connectivity index (χ4n) is 4.56. The number of rotatable bonds is 4. The van der Waals surface area contributed by atoms with Crippen LogP contribution < -0.4 is 0 Å². The standard InChI is InChI=1S/C22H28N4OS/c1-17-7-12-28-21(17)16-24-8-10-26(11-9-24)22-19-14-25(15-20(19)27-23-22)13-18-5-3-2-4-6-18/h2-7,12,19-20H,8-11,13-16H2,1H3/t19-,20+/m0/s1. The van der Waals surface area contributed by atoms with Crippen molar-refractivity contribution in [2.75, 3.05) is 39.3 Å². The van der Waals surface area contributed by atoms with Crippen LogP contribution in [0.25, 0.3) is 0 Å². The number of thiophene rings is 1. The Bertz CT molecular complexity index is 828. The van der Waals surface area contributed by atoms with E-state index in [1.807, 2.05) is 11.3 Å². The average molecular weight is 397 g/mol. The molecular weight excluding hydrogens is 368 g/mol. The summed E-state index contributed by atoms with van der Waals surface area (Å²) in [5.74, 6) is 1.61. The Labute approximate surface area is 171 Å². The molecule has 0 bridgehead atoms. The first kappa shape index (κ1) is 18.2.